The van der Waals surface area contributed by atoms with Crippen molar-refractivity contribution in [3.63, 3.8) is 0 Å². The van der Waals surface area contributed by atoms with Crippen molar-refractivity contribution < 1.29 is 0 Å². The SMILES string of the molecule is Nc1cccc(CSc2nnnn2C2CC2)c1Br. The second kappa shape index (κ2) is 4.89. The van der Waals surface area contributed by atoms with Crippen LogP contribution in [-0.2, 0) is 5.75 Å². The minimum absolute atomic E-state index is 0.506. The molecule has 0 spiro atoms. The molecule has 1 aliphatic carbocycles. The van der Waals surface area contributed by atoms with Crippen molar-refractivity contribution in [1.82, 2.24) is 20.2 Å². The Hall–Kier alpha value is -1.08. The molecule has 18 heavy (non-hydrogen) atoms. The Bertz CT molecular complexity index is 566. The molecule has 1 heterocycles. The Kier molecular flexibility index (Phi) is 3.25. The van der Waals surface area contributed by atoms with Gasteiger partial charge in [-0.05, 0) is 50.8 Å². The van der Waals surface area contributed by atoms with Crippen molar-refractivity contribution in [2.75, 3.05) is 5.73 Å². The van der Waals surface area contributed by atoms with E-state index in [0.717, 1.165) is 26.6 Å². The van der Waals surface area contributed by atoms with Gasteiger partial charge < -0.3 is 5.73 Å². The molecular weight excluding hydrogens is 314 g/mol. The fourth-order valence-electron chi connectivity index (χ4n) is 1.68. The standard InChI is InChI=1S/C11H12BrN5S/c12-10-7(2-1-3-9(10)13)6-18-11-14-15-16-17(11)8-4-5-8/h1-3,8H,4-6,13H2. The maximum atomic E-state index is 5.86. The molecule has 1 saturated carbocycles. The Balaban J connectivity index is 1.74. The van der Waals surface area contributed by atoms with Crippen LogP contribution in [0.25, 0.3) is 0 Å². The number of halogens is 1. The van der Waals surface area contributed by atoms with Crippen molar-refractivity contribution in [1.29, 1.82) is 0 Å². The Morgan fingerprint density at radius 3 is 3.06 bits per heavy atom. The normalized spacial score (nSPS) is 14.9. The maximum absolute atomic E-state index is 5.86. The van der Waals surface area contributed by atoms with Gasteiger partial charge in [-0.25, -0.2) is 4.68 Å². The van der Waals surface area contributed by atoms with E-state index >= 15 is 0 Å². The van der Waals surface area contributed by atoms with Gasteiger partial charge in [-0.1, -0.05) is 23.9 Å². The summed E-state index contributed by atoms with van der Waals surface area (Å²) in [4.78, 5) is 0. The molecular formula is C11H12BrN5S. The minimum Gasteiger partial charge on any atom is -0.398 e. The third-order valence-electron chi connectivity index (χ3n) is 2.82. The molecule has 0 radical (unpaired) electrons. The molecule has 7 heteroatoms. The van der Waals surface area contributed by atoms with Gasteiger partial charge in [0.15, 0.2) is 0 Å². The lowest BCUT2D eigenvalue weighted by Gasteiger charge is -2.06. The molecule has 2 aromatic rings. The highest BCUT2D eigenvalue weighted by atomic mass is 79.9. The van der Waals surface area contributed by atoms with Crippen LogP contribution in [0.15, 0.2) is 27.8 Å². The first-order valence-corrected chi connectivity index (χ1v) is 7.47. The summed E-state index contributed by atoms with van der Waals surface area (Å²) in [5, 5.41) is 12.7. The molecule has 0 saturated heterocycles. The summed E-state index contributed by atoms with van der Waals surface area (Å²) in [5.74, 6) is 0.804. The number of hydrogen-bond donors (Lipinski definition) is 1. The van der Waals surface area contributed by atoms with E-state index in [2.05, 4.69) is 37.5 Å². The Labute approximate surface area is 117 Å². The molecule has 1 aliphatic rings. The summed E-state index contributed by atoms with van der Waals surface area (Å²) in [5.41, 5.74) is 7.77. The number of hydrogen-bond acceptors (Lipinski definition) is 5. The second-order valence-corrected chi connectivity index (χ2v) is 5.98. The van der Waals surface area contributed by atoms with Crippen LogP contribution in [-0.4, -0.2) is 20.2 Å². The number of thioether (sulfide) groups is 1. The quantitative estimate of drug-likeness (QED) is 0.691. The molecule has 1 fully saturated rings. The van der Waals surface area contributed by atoms with Crippen LogP contribution in [0.2, 0.25) is 0 Å². The highest BCUT2D eigenvalue weighted by Crippen LogP contribution is 2.37. The van der Waals surface area contributed by atoms with E-state index in [9.17, 15) is 0 Å². The molecule has 0 atom stereocenters. The van der Waals surface area contributed by atoms with Crippen LogP contribution < -0.4 is 5.73 Å². The predicted molar refractivity (Wildman–Crippen MR) is 74.2 cm³/mol. The van der Waals surface area contributed by atoms with Crippen LogP contribution in [0.1, 0.15) is 24.4 Å². The summed E-state index contributed by atoms with van der Waals surface area (Å²) < 4.78 is 2.88. The van der Waals surface area contributed by atoms with Gasteiger partial charge in [0.2, 0.25) is 5.16 Å². The molecule has 0 amide bonds. The van der Waals surface area contributed by atoms with E-state index in [1.165, 1.54) is 12.8 Å². The van der Waals surface area contributed by atoms with Gasteiger partial charge in [-0.3, -0.25) is 0 Å². The first kappa shape index (κ1) is 12.0. The highest BCUT2D eigenvalue weighted by molar-refractivity contribution is 9.10. The maximum Gasteiger partial charge on any atom is 0.209 e. The van der Waals surface area contributed by atoms with Gasteiger partial charge in [0, 0.05) is 15.9 Å². The topological polar surface area (TPSA) is 69.6 Å². The Morgan fingerprint density at radius 2 is 2.28 bits per heavy atom. The average molecular weight is 326 g/mol. The van der Waals surface area contributed by atoms with Crippen LogP contribution >= 0.6 is 27.7 Å². The van der Waals surface area contributed by atoms with Gasteiger partial charge >= 0.3 is 0 Å². The zero-order valence-electron chi connectivity index (χ0n) is 9.58. The summed E-state index contributed by atoms with van der Waals surface area (Å²) in [7, 11) is 0. The van der Waals surface area contributed by atoms with Crippen LogP contribution in [0, 0.1) is 0 Å². The zero-order chi connectivity index (χ0) is 12.5. The number of aromatic nitrogens is 4. The van der Waals surface area contributed by atoms with Crippen molar-refractivity contribution in [2.45, 2.75) is 29.8 Å². The number of nitrogen functional groups attached to an aromatic ring is 1. The monoisotopic (exact) mass is 325 g/mol. The third-order valence-corrected chi connectivity index (χ3v) is 4.77. The second-order valence-electron chi connectivity index (χ2n) is 4.25. The molecule has 0 bridgehead atoms. The highest BCUT2D eigenvalue weighted by Gasteiger charge is 2.27. The fraction of sp³-hybridized carbons (Fsp3) is 0.364. The molecule has 5 nitrogen and oxygen atoms in total. The molecule has 1 aromatic carbocycles. The number of nitrogens with two attached hydrogens (primary N) is 1. The lowest BCUT2D eigenvalue weighted by atomic mass is 10.2. The minimum atomic E-state index is 0.506. The zero-order valence-corrected chi connectivity index (χ0v) is 12.0. The van der Waals surface area contributed by atoms with Crippen LogP contribution in [0.3, 0.4) is 0 Å². The number of tetrazole rings is 1. The molecule has 2 N–H and O–H groups in total. The van der Waals surface area contributed by atoms with Crippen molar-refractivity contribution >= 4 is 33.4 Å². The number of anilines is 1. The third kappa shape index (κ3) is 2.37. The first-order valence-electron chi connectivity index (χ1n) is 5.69. The van der Waals surface area contributed by atoms with Crippen molar-refractivity contribution in [3.05, 3.63) is 28.2 Å². The number of rotatable bonds is 4. The molecule has 94 valence electrons. The Morgan fingerprint density at radius 1 is 1.44 bits per heavy atom. The predicted octanol–water partition coefficient (Wildman–Crippen LogP) is 2.65. The number of nitrogens with zero attached hydrogens (tertiary/aromatic N) is 4. The van der Waals surface area contributed by atoms with E-state index in [1.807, 2.05) is 16.8 Å². The molecule has 3 rings (SSSR count). The number of benzene rings is 1. The smallest absolute Gasteiger partial charge is 0.209 e. The van der Waals surface area contributed by atoms with Gasteiger partial charge in [0.1, 0.15) is 0 Å². The summed E-state index contributed by atoms with van der Waals surface area (Å²) in [6, 6.07) is 6.40. The van der Waals surface area contributed by atoms with Gasteiger partial charge in [0.25, 0.3) is 0 Å². The summed E-state index contributed by atoms with van der Waals surface area (Å²) >= 11 is 5.15. The summed E-state index contributed by atoms with van der Waals surface area (Å²) in [6.07, 6.45) is 2.36. The van der Waals surface area contributed by atoms with Crippen molar-refractivity contribution in [3.8, 4) is 0 Å². The van der Waals surface area contributed by atoms with Gasteiger partial charge in [-0.15, -0.1) is 5.10 Å². The lowest BCUT2D eigenvalue weighted by Crippen LogP contribution is -1.99. The van der Waals surface area contributed by atoms with E-state index in [4.69, 9.17) is 5.73 Å². The van der Waals surface area contributed by atoms with Gasteiger partial charge in [0.05, 0.1) is 6.04 Å². The molecule has 0 aliphatic heterocycles. The van der Waals surface area contributed by atoms with Crippen LogP contribution in [0.5, 0.6) is 0 Å². The molecule has 1 aromatic heterocycles. The van der Waals surface area contributed by atoms with Crippen molar-refractivity contribution in [2.24, 2.45) is 0 Å². The lowest BCUT2D eigenvalue weighted by molar-refractivity contribution is 0.565. The van der Waals surface area contributed by atoms with E-state index in [-0.39, 0.29) is 0 Å². The van der Waals surface area contributed by atoms with Gasteiger partial charge in [-0.2, -0.15) is 0 Å². The first-order chi connectivity index (χ1) is 8.75. The summed E-state index contributed by atoms with van der Waals surface area (Å²) in [6.45, 7) is 0. The van der Waals surface area contributed by atoms with E-state index < -0.39 is 0 Å². The van der Waals surface area contributed by atoms with E-state index in [0.29, 0.717) is 6.04 Å². The largest absolute Gasteiger partial charge is 0.398 e. The van der Waals surface area contributed by atoms with Crippen LogP contribution in [0.4, 0.5) is 5.69 Å². The average Bonchev–Trinajstić information content (AvgIpc) is 3.11. The molecule has 0 unspecified atom stereocenters. The van der Waals surface area contributed by atoms with E-state index in [1.54, 1.807) is 11.8 Å². The fourth-order valence-corrected chi connectivity index (χ4v) is 3.21.